The van der Waals surface area contributed by atoms with E-state index in [1.165, 1.54) is 16.7 Å². The van der Waals surface area contributed by atoms with Gasteiger partial charge in [0.2, 0.25) is 0 Å². The van der Waals surface area contributed by atoms with Gasteiger partial charge in [-0.1, -0.05) is 18.2 Å². The van der Waals surface area contributed by atoms with Crippen molar-refractivity contribution in [2.45, 2.75) is 31.8 Å². The molecule has 0 saturated heterocycles. The Kier molecular flexibility index (Phi) is 4.11. The summed E-state index contributed by atoms with van der Waals surface area (Å²) in [7, 11) is 1.71. The number of nitrogens with one attached hydrogen (secondary N) is 1. The first-order valence-corrected chi connectivity index (χ1v) is 7.41. The van der Waals surface area contributed by atoms with Crippen LogP contribution in [0, 0.1) is 0 Å². The Balaban J connectivity index is 1.62. The lowest BCUT2D eigenvalue weighted by molar-refractivity contribution is 0.411. The summed E-state index contributed by atoms with van der Waals surface area (Å²) in [6.07, 6.45) is 3.33. The largest absolute Gasteiger partial charge is 0.508 e. The summed E-state index contributed by atoms with van der Waals surface area (Å²) in [6, 6.07) is 14.3. The van der Waals surface area contributed by atoms with E-state index in [2.05, 4.69) is 17.4 Å². The lowest BCUT2D eigenvalue weighted by Crippen LogP contribution is -2.34. The first kappa shape index (κ1) is 14.0. The van der Waals surface area contributed by atoms with Crippen molar-refractivity contribution in [3.8, 4) is 11.5 Å². The number of aromatic hydroxyl groups is 1. The monoisotopic (exact) mass is 283 g/mol. The lowest BCUT2D eigenvalue weighted by Gasteiger charge is -2.26. The van der Waals surface area contributed by atoms with Crippen LogP contribution in [-0.2, 0) is 19.4 Å². The minimum Gasteiger partial charge on any atom is -0.508 e. The second-order valence-electron chi connectivity index (χ2n) is 5.62. The van der Waals surface area contributed by atoms with E-state index in [1.807, 2.05) is 18.2 Å². The quantitative estimate of drug-likeness (QED) is 0.906. The zero-order valence-corrected chi connectivity index (χ0v) is 12.3. The van der Waals surface area contributed by atoms with Gasteiger partial charge >= 0.3 is 0 Å². The highest BCUT2D eigenvalue weighted by molar-refractivity contribution is 5.38. The van der Waals surface area contributed by atoms with Crippen LogP contribution in [0.3, 0.4) is 0 Å². The smallest absolute Gasteiger partial charge is 0.119 e. The molecule has 0 fully saturated rings. The molecular weight excluding hydrogens is 262 g/mol. The van der Waals surface area contributed by atoms with E-state index >= 15 is 0 Å². The van der Waals surface area contributed by atoms with E-state index in [9.17, 15) is 5.11 Å². The fourth-order valence-electron chi connectivity index (χ4n) is 2.91. The first-order valence-electron chi connectivity index (χ1n) is 7.41. The van der Waals surface area contributed by atoms with Crippen LogP contribution in [0.4, 0.5) is 0 Å². The van der Waals surface area contributed by atoms with E-state index in [4.69, 9.17) is 4.74 Å². The van der Waals surface area contributed by atoms with E-state index < -0.39 is 0 Å². The Morgan fingerprint density at radius 3 is 2.71 bits per heavy atom. The summed E-state index contributed by atoms with van der Waals surface area (Å²) in [5.41, 5.74) is 4.03. The molecule has 3 nitrogen and oxygen atoms in total. The second-order valence-corrected chi connectivity index (χ2v) is 5.62. The third-order valence-electron chi connectivity index (χ3n) is 4.17. The predicted molar refractivity (Wildman–Crippen MR) is 83.8 cm³/mol. The minimum absolute atomic E-state index is 0.317. The maximum absolute atomic E-state index is 9.30. The standard InChI is InChI=1S/C18H21NO2/c1-21-18-9-5-14-4-6-16(10-15(14)11-18)19-12-13-2-7-17(20)8-3-13/h2-3,5,7-9,11,16,19-20H,4,6,10,12H2,1H3. The average molecular weight is 283 g/mol. The third-order valence-corrected chi connectivity index (χ3v) is 4.17. The number of hydrogen-bond donors (Lipinski definition) is 2. The third kappa shape index (κ3) is 3.37. The molecule has 0 spiro atoms. The molecule has 1 atom stereocenters. The van der Waals surface area contributed by atoms with Gasteiger partial charge in [0, 0.05) is 12.6 Å². The van der Waals surface area contributed by atoms with Crippen LogP contribution in [0.15, 0.2) is 42.5 Å². The van der Waals surface area contributed by atoms with Crippen LogP contribution in [0.25, 0.3) is 0 Å². The van der Waals surface area contributed by atoms with Crippen LogP contribution in [0.5, 0.6) is 11.5 Å². The highest BCUT2D eigenvalue weighted by atomic mass is 16.5. The Hall–Kier alpha value is -2.00. The molecule has 0 heterocycles. The maximum atomic E-state index is 9.30. The van der Waals surface area contributed by atoms with E-state index in [1.54, 1.807) is 19.2 Å². The fourth-order valence-corrected chi connectivity index (χ4v) is 2.91. The Labute approximate surface area is 125 Å². The molecule has 3 heteroatoms. The van der Waals surface area contributed by atoms with Crippen LogP contribution >= 0.6 is 0 Å². The van der Waals surface area contributed by atoms with E-state index in [0.717, 1.165) is 31.6 Å². The molecule has 1 aliphatic rings. The van der Waals surface area contributed by atoms with Crippen LogP contribution in [0.2, 0.25) is 0 Å². The maximum Gasteiger partial charge on any atom is 0.119 e. The van der Waals surface area contributed by atoms with Crippen molar-refractivity contribution in [1.82, 2.24) is 5.32 Å². The molecular formula is C18H21NO2. The summed E-state index contributed by atoms with van der Waals surface area (Å²) in [5.74, 6) is 1.25. The molecule has 2 aromatic carbocycles. The van der Waals surface area contributed by atoms with Gasteiger partial charge in [0.1, 0.15) is 11.5 Å². The van der Waals surface area contributed by atoms with Crippen molar-refractivity contribution in [3.05, 3.63) is 59.2 Å². The van der Waals surface area contributed by atoms with Gasteiger partial charge in [0.25, 0.3) is 0 Å². The van der Waals surface area contributed by atoms with Gasteiger partial charge < -0.3 is 15.2 Å². The number of methoxy groups -OCH3 is 1. The number of hydrogen-bond acceptors (Lipinski definition) is 3. The van der Waals surface area contributed by atoms with Gasteiger partial charge in [-0.25, -0.2) is 0 Å². The molecule has 0 saturated carbocycles. The summed E-state index contributed by atoms with van der Waals surface area (Å²) < 4.78 is 5.31. The van der Waals surface area contributed by atoms with E-state index in [-0.39, 0.29) is 0 Å². The Morgan fingerprint density at radius 1 is 1.14 bits per heavy atom. The van der Waals surface area contributed by atoms with Crippen LogP contribution < -0.4 is 10.1 Å². The van der Waals surface area contributed by atoms with Crippen LogP contribution in [-0.4, -0.2) is 18.3 Å². The molecule has 2 aromatic rings. The number of ether oxygens (including phenoxy) is 1. The zero-order valence-electron chi connectivity index (χ0n) is 12.3. The highest BCUT2D eigenvalue weighted by Gasteiger charge is 2.18. The molecule has 0 aromatic heterocycles. The predicted octanol–water partition coefficient (Wildman–Crippen LogP) is 3.05. The van der Waals surface area contributed by atoms with Crippen molar-refractivity contribution in [2.24, 2.45) is 0 Å². The molecule has 21 heavy (non-hydrogen) atoms. The number of phenolic OH excluding ortho intramolecular Hbond substituents is 1. The molecule has 0 aliphatic heterocycles. The van der Waals surface area contributed by atoms with Crippen molar-refractivity contribution in [3.63, 3.8) is 0 Å². The molecule has 110 valence electrons. The van der Waals surface area contributed by atoms with Gasteiger partial charge in [0.05, 0.1) is 7.11 Å². The minimum atomic E-state index is 0.317. The molecule has 0 radical (unpaired) electrons. The molecule has 2 N–H and O–H groups in total. The summed E-state index contributed by atoms with van der Waals surface area (Å²) >= 11 is 0. The lowest BCUT2D eigenvalue weighted by atomic mass is 9.88. The molecule has 1 aliphatic carbocycles. The molecule has 0 amide bonds. The molecule has 0 bridgehead atoms. The number of phenols is 1. The second kappa shape index (κ2) is 6.19. The first-order chi connectivity index (χ1) is 10.2. The van der Waals surface area contributed by atoms with Crippen molar-refractivity contribution in [2.75, 3.05) is 7.11 Å². The summed E-state index contributed by atoms with van der Waals surface area (Å²) in [6.45, 7) is 0.838. The number of rotatable bonds is 4. The van der Waals surface area contributed by atoms with Gasteiger partial charge in [-0.05, 0) is 60.2 Å². The molecule has 1 unspecified atom stereocenters. The number of aryl methyl sites for hydroxylation is 1. The zero-order chi connectivity index (χ0) is 14.7. The van der Waals surface area contributed by atoms with Crippen molar-refractivity contribution in [1.29, 1.82) is 0 Å². The Morgan fingerprint density at radius 2 is 1.95 bits per heavy atom. The topological polar surface area (TPSA) is 41.5 Å². The molecule has 3 rings (SSSR count). The average Bonchev–Trinajstić information content (AvgIpc) is 2.53. The van der Waals surface area contributed by atoms with Gasteiger partial charge in [-0.2, -0.15) is 0 Å². The van der Waals surface area contributed by atoms with Crippen molar-refractivity contribution < 1.29 is 9.84 Å². The normalized spacial score (nSPS) is 17.3. The van der Waals surface area contributed by atoms with E-state index in [0.29, 0.717) is 11.8 Å². The summed E-state index contributed by atoms with van der Waals surface area (Å²) in [5, 5.41) is 12.9. The van der Waals surface area contributed by atoms with Gasteiger partial charge in [-0.15, -0.1) is 0 Å². The fraction of sp³-hybridized carbons (Fsp3) is 0.333. The number of fused-ring (bicyclic) bond motifs is 1. The van der Waals surface area contributed by atoms with Crippen LogP contribution in [0.1, 0.15) is 23.1 Å². The highest BCUT2D eigenvalue weighted by Crippen LogP contribution is 2.25. The van der Waals surface area contributed by atoms with Gasteiger partial charge in [0.15, 0.2) is 0 Å². The SMILES string of the molecule is COc1ccc2c(c1)CC(NCc1ccc(O)cc1)CC2. The van der Waals surface area contributed by atoms with Gasteiger partial charge in [-0.3, -0.25) is 0 Å². The number of benzene rings is 2. The summed E-state index contributed by atoms with van der Waals surface area (Å²) in [4.78, 5) is 0. The van der Waals surface area contributed by atoms with Crippen molar-refractivity contribution >= 4 is 0 Å². The Bertz CT molecular complexity index is 607.